The monoisotopic (exact) mass is 330 g/mol. The van der Waals surface area contributed by atoms with Crippen molar-refractivity contribution in [1.29, 1.82) is 0 Å². The summed E-state index contributed by atoms with van der Waals surface area (Å²) in [6.07, 6.45) is 3.60. The Balaban J connectivity index is 1.79. The minimum Gasteiger partial charge on any atom is -0.355 e. The number of H-pyrrole nitrogens is 1. The maximum absolute atomic E-state index is 13.4. The lowest BCUT2D eigenvalue weighted by Crippen LogP contribution is -2.45. The Bertz CT molecular complexity index is 729. The van der Waals surface area contributed by atoms with Crippen molar-refractivity contribution < 1.29 is 9.18 Å². The van der Waals surface area contributed by atoms with Gasteiger partial charge in [-0.05, 0) is 37.1 Å². The van der Waals surface area contributed by atoms with Gasteiger partial charge in [-0.15, -0.1) is 0 Å². The number of halogens is 1. The van der Waals surface area contributed by atoms with E-state index in [1.807, 2.05) is 6.07 Å². The van der Waals surface area contributed by atoms with Gasteiger partial charge < -0.3 is 5.32 Å². The molecule has 1 aromatic carbocycles. The van der Waals surface area contributed by atoms with Crippen LogP contribution in [0.25, 0.3) is 0 Å². The van der Waals surface area contributed by atoms with Gasteiger partial charge >= 0.3 is 0 Å². The SMILES string of the molecule is CNC(=O)c1cn[nH]c1[C@@]1(C)CCCN(Cc2cccc(F)c2)C1. The number of benzene rings is 1. The molecule has 1 aromatic heterocycles. The van der Waals surface area contributed by atoms with Crippen LogP contribution in [0.3, 0.4) is 0 Å². The van der Waals surface area contributed by atoms with E-state index in [1.165, 1.54) is 6.07 Å². The third-order valence-corrected chi connectivity index (χ3v) is 4.79. The molecule has 0 bridgehead atoms. The van der Waals surface area contributed by atoms with Crippen LogP contribution in [-0.4, -0.2) is 41.1 Å². The number of nitrogens with zero attached hydrogens (tertiary/aromatic N) is 2. The van der Waals surface area contributed by atoms with Crippen molar-refractivity contribution in [3.63, 3.8) is 0 Å². The Kier molecular flexibility index (Phi) is 4.66. The van der Waals surface area contributed by atoms with Crippen LogP contribution in [0.1, 0.15) is 41.4 Å². The van der Waals surface area contributed by atoms with Crippen LogP contribution in [0.2, 0.25) is 0 Å². The zero-order valence-corrected chi connectivity index (χ0v) is 14.1. The second-order valence-electron chi connectivity index (χ2n) is 6.74. The first-order valence-electron chi connectivity index (χ1n) is 8.24. The molecule has 1 saturated heterocycles. The molecular weight excluding hydrogens is 307 g/mol. The highest BCUT2D eigenvalue weighted by Gasteiger charge is 2.36. The van der Waals surface area contributed by atoms with Crippen LogP contribution in [0, 0.1) is 5.82 Å². The first-order valence-corrected chi connectivity index (χ1v) is 8.24. The lowest BCUT2D eigenvalue weighted by molar-refractivity contribution is 0.0955. The van der Waals surface area contributed by atoms with Crippen LogP contribution in [-0.2, 0) is 12.0 Å². The van der Waals surface area contributed by atoms with Gasteiger partial charge in [-0.3, -0.25) is 14.8 Å². The van der Waals surface area contributed by atoms with Gasteiger partial charge in [0.25, 0.3) is 5.91 Å². The number of carbonyl (C=O) groups is 1. The van der Waals surface area contributed by atoms with Crippen molar-refractivity contribution in [2.24, 2.45) is 0 Å². The highest BCUT2D eigenvalue weighted by molar-refractivity contribution is 5.95. The van der Waals surface area contributed by atoms with E-state index in [0.29, 0.717) is 12.1 Å². The van der Waals surface area contributed by atoms with Crippen molar-refractivity contribution >= 4 is 5.91 Å². The average Bonchev–Trinajstić information content (AvgIpc) is 3.05. The van der Waals surface area contributed by atoms with Gasteiger partial charge in [-0.25, -0.2) is 4.39 Å². The molecule has 0 aliphatic carbocycles. The van der Waals surface area contributed by atoms with E-state index < -0.39 is 0 Å². The van der Waals surface area contributed by atoms with Crippen molar-refractivity contribution in [1.82, 2.24) is 20.4 Å². The Labute approximate surface area is 141 Å². The molecule has 128 valence electrons. The van der Waals surface area contributed by atoms with Crippen LogP contribution in [0.4, 0.5) is 4.39 Å². The molecule has 0 radical (unpaired) electrons. The Morgan fingerprint density at radius 2 is 2.33 bits per heavy atom. The van der Waals surface area contributed by atoms with E-state index in [4.69, 9.17) is 0 Å². The van der Waals surface area contributed by atoms with Gasteiger partial charge in [0.1, 0.15) is 5.82 Å². The number of aromatic nitrogens is 2. The molecule has 5 nitrogen and oxygen atoms in total. The first-order chi connectivity index (χ1) is 11.5. The van der Waals surface area contributed by atoms with Gasteiger partial charge in [0.2, 0.25) is 0 Å². The number of amides is 1. The molecule has 0 saturated carbocycles. The zero-order chi connectivity index (χ0) is 17.2. The summed E-state index contributed by atoms with van der Waals surface area (Å²) in [6.45, 7) is 4.63. The molecule has 1 aliphatic heterocycles. The number of hydrogen-bond acceptors (Lipinski definition) is 3. The summed E-state index contributed by atoms with van der Waals surface area (Å²) in [7, 11) is 1.62. The third kappa shape index (κ3) is 3.33. The summed E-state index contributed by atoms with van der Waals surface area (Å²) in [5, 5.41) is 9.77. The summed E-state index contributed by atoms with van der Waals surface area (Å²) in [6, 6.07) is 6.73. The number of likely N-dealkylation sites (tertiary alicyclic amines) is 1. The number of carbonyl (C=O) groups excluding carboxylic acids is 1. The molecule has 2 N–H and O–H groups in total. The lowest BCUT2D eigenvalue weighted by atomic mass is 9.77. The summed E-state index contributed by atoms with van der Waals surface area (Å²) >= 11 is 0. The summed E-state index contributed by atoms with van der Waals surface area (Å²) in [5.74, 6) is -0.329. The molecule has 1 atom stereocenters. The quantitative estimate of drug-likeness (QED) is 0.905. The highest BCUT2D eigenvalue weighted by atomic mass is 19.1. The van der Waals surface area contributed by atoms with E-state index in [-0.39, 0.29) is 17.1 Å². The van der Waals surface area contributed by atoms with E-state index in [9.17, 15) is 9.18 Å². The van der Waals surface area contributed by atoms with E-state index >= 15 is 0 Å². The number of piperidine rings is 1. The molecule has 1 amide bonds. The van der Waals surface area contributed by atoms with Crippen molar-refractivity contribution in [3.8, 4) is 0 Å². The largest absolute Gasteiger partial charge is 0.355 e. The predicted molar refractivity (Wildman–Crippen MR) is 90.2 cm³/mol. The fourth-order valence-corrected chi connectivity index (χ4v) is 3.63. The molecule has 3 rings (SSSR count). The normalized spacial score (nSPS) is 21.6. The van der Waals surface area contributed by atoms with Gasteiger partial charge in [0.15, 0.2) is 0 Å². The number of rotatable bonds is 4. The molecule has 0 spiro atoms. The fraction of sp³-hybridized carbons (Fsp3) is 0.444. The molecule has 0 unspecified atom stereocenters. The molecule has 1 fully saturated rings. The van der Waals surface area contributed by atoms with Crippen molar-refractivity contribution in [2.75, 3.05) is 20.1 Å². The minimum absolute atomic E-state index is 0.123. The van der Waals surface area contributed by atoms with Crippen molar-refractivity contribution in [3.05, 3.63) is 53.1 Å². The topological polar surface area (TPSA) is 61.0 Å². The highest BCUT2D eigenvalue weighted by Crippen LogP contribution is 2.34. The fourth-order valence-electron chi connectivity index (χ4n) is 3.63. The summed E-state index contributed by atoms with van der Waals surface area (Å²) in [5.41, 5.74) is 2.28. The predicted octanol–water partition coefficient (Wildman–Crippen LogP) is 2.46. The Hall–Kier alpha value is -2.21. The molecule has 2 heterocycles. The van der Waals surface area contributed by atoms with Crippen LogP contribution >= 0.6 is 0 Å². The second kappa shape index (κ2) is 6.73. The van der Waals surface area contributed by atoms with Gasteiger partial charge in [0.05, 0.1) is 17.5 Å². The molecule has 6 heteroatoms. The van der Waals surface area contributed by atoms with Crippen molar-refractivity contribution in [2.45, 2.75) is 31.7 Å². The smallest absolute Gasteiger partial charge is 0.254 e. The van der Waals surface area contributed by atoms with E-state index in [1.54, 1.807) is 25.4 Å². The lowest BCUT2D eigenvalue weighted by Gasteiger charge is -2.40. The summed E-state index contributed by atoms with van der Waals surface area (Å²) < 4.78 is 13.4. The van der Waals surface area contributed by atoms with Gasteiger partial charge in [-0.2, -0.15) is 5.10 Å². The van der Waals surface area contributed by atoms with Gasteiger partial charge in [0, 0.05) is 25.6 Å². The minimum atomic E-state index is -0.206. The zero-order valence-electron chi connectivity index (χ0n) is 14.1. The maximum Gasteiger partial charge on any atom is 0.254 e. The maximum atomic E-state index is 13.4. The molecule has 2 aromatic rings. The average molecular weight is 330 g/mol. The first kappa shape index (κ1) is 16.6. The van der Waals surface area contributed by atoms with Crippen LogP contribution < -0.4 is 5.32 Å². The summed E-state index contributed by atoms with van der Waals surface area (Å²) in [4.78, 5) is 14.4. The Morgan fingerprint density at radius 1 is 1.50 bits per heavy atom. The van der Waals surface area contributed by atoms with Crippen LogP contribution in [0.5, 0.6) is 0 Å². The standard InChI is InChI=1S/C18H23FN4O/c1-18(16-15(10-21-22-16)17(24)20-2)7-4-8-23(12-18)11-13-5-3-6-14(19)9-13/h3,5-6,9-10H,4,7-8,11-12H2,1-2H3,(H,20,24)(H,21,22)/t18-/m0/s1. The van der Waals surface area contributed by atoms with E-state index in [0.717, 1.165) is 37.2 Å². The number of nitrogens with one attached hydrogen (secondary N) is 2. The third-order valence-electron chi connectivity index (χ3n) is 4.79. The Morgan fingerprint density at radius 3 is 3.08 bits per heavy atom. The second-order valence-corrected chi connectivity index (χ2v) is 6.74. The molecule has 1 aliphatic rings. The van der Waals surface area contributed by atoms with E-state index in [2.05, 4.69) is 27.3 Å². The number of aromatic amines is 1. The van der Waals surface area contributed by atoms with Gasteiger partial charge in [-0.1, -0.05) is 19.1 Å². The molecular formula is C18H23FN4O. The number of hydrogen-bond donors (Lipinski definition) is 2. The van der Waals surface area contributed by atoms with Crippen LogP contribution in [0.15, 0.2) is 30.5 Å². The molecule has 24 heavy (non-hydrogen) atoms.